The molecule has 6 heteroatoms. The van der Waals surface area contributed by atoms with Crippen molar-refractivity contribution in [2.45, 2.75) is 45.4 Å². The van der Waals surface area contributed by atoms with Crippen LogP contribution in [0.2, 0.25) is 0 Å². The maximum Gasteiger partial charge on any atom is 0.314 e. The van der Waals surface area contributed by atoms with Gasteiger partial charge in [0.1, 0.15) is 0 Å². The van der Waals surface area contributed by atoms with Crippen LogP contribution in [0.5, 0.6) is 0 Å². The van der Waals surface area contributed by atoms with Gasteiger partial charge in [-0.1, -0.05) is 26.2 Å². The molecule has 0 aromatic rings. The van der Waals surface area contributed by atoms with Crippen molar-refractivity contribution in [1.29, 1.82) is 0 Å². The number of aliphatic carboxylic acids is 1. The van der Waals surface area contributed by atoms with Gasteiger partial charge >= 0.3 is 12.0 Å². The number of nitrogens with one attached hydrogen (secondary N) is 3. The second kappa shape index (κ2) is 8.79. The third-order valence-electron chi connectivity index (χ3n) is 3.92. The van der Waals surface area contributed by atoms with Crippen LogP contribution >= 0.6 is 0 Å². The molecule has 4 N–H and O–H groups in total. The fraction of sp³-hybridized carbons (Fsp3) is 0.857. The predicted molar refractivity (Wildman–Crippen MR) is 77.7 cm³/mol. The average molecular weight is 285 g/mol. The first kappa shape index (κ1) is 16.8. The second-order valence-corrected chi connectivity index (χ2v) is 5.46. The number of amides is 2. The van der Waals surface area contributed by atoms with Gasteiger partial charge in [-0.05, 0) is 32.4 Å². The highest BCUT2D eigenvalue weighted by Crippen LogP contribution is 2.35. The SMILES string of the molecule is CCNCCCNC(=O)NCC1(C(=O)O)CCCCC1. The molecule has 1 aliphatic carbocycles. The summed E-state index contributed by atoms with van der Waals surface area (Å²) in [5.74, 6) is -0.787. The minimum absolute atomic E-state index is 0.224. The van der Waals surface area contributed by atoms with E-state index in [0.717, 1.165) is 38.8 Å². The molecule has 20 heavy (non-hydrogen) atoms. The van der Waals surface area contributed by atoms with Gasteiger partial charge in [-0.25, -0.2) is 4.79 Å². The molecule has 0 bridgehead atoms. The van der Waals surface area contributed by atoms with Crippen LogP contribution in [0.3, 0.4) is 0 Å². The third-order valence-corrected chi connectivity index (χ3v) is 3.92. The first-order valence-electron chi connectivity index (χ1n) is 7.56. The monoisotopic (exact) mass is 285 g/mol. The lowest BCUT2D eigenvalue weighted by molar-refractivity contribution is -0.150. The Kier molecular flexibility index (Phi) is 7.36. The maximum atomic E-state index is 11.6. The molecule has 1 aliphatic rings. The van der Waals surface area contributed by atoms with Crippen LogP contribution in [0.4, 0.5) is 4.79 Å². The largest absolute Gasteiger partial charge is 0.481 e. The standard InChI is InChI=1S/C14H27N3O3/c1-2-15-9-6-10-16-13(20)17-11-14(12(18)19)7-4-3-5-8-14/h15H,2-11H2,1H3,(H,18,19)(H2,16,17,20). The number of carbonyl (C=O) groups is 2. The van der Waals surface area contributed by atoms with Crippen molar-refractivity contribution in [2.24, 2.45) is 5.41 Å². The van der Waals surface area contributed by atoms with E-state index in [-0.39, 0.29) is 12.6 Å². The van der Waals surface area contributed by atoms with Gasteiger partial charge < -0.3 is 21.1 Å². The van der Waals surface area contributed by atoms with Gasteiger partial charge in [-0.15, -0.1) is 0 Å². The summed E-state index contributed by atoms with van der Waals surface area (Å²) in [5.41, 5.74) is -0.765. The molecule has 0 unspecified atom stereocenters. The molecule has 116 valence electrons. The van der Waals surface area contributed by atoms with Gasteiger partial charge in [-0.2, -0.15) is 0 Å². The van der Waals surface area contributed by atoms with E-state index in [1.165, 1.54) is 0 Å². The highest BCUT2D eigenvalue weighted by Gasteiger charge is 2.39. The zero-order chi connectivity index (χ0) is 14.8. The number of urea groups is 1. The number of hydrogen-bond acceptors (Lipinski definition) is 3. The zero-order valence-corrected chi connectivity index (χ0v) is 12.3. The molecule has 0 spiro atoms. The summed E-state index contributed by atoms with van der Waals surface area (Å²) in [6.45, 7) is 4.65. The number of carboxylic acid groups (broad SMARTS) is 1. The van der Waals surface area contributed by atoms with Gasteiger partial charge in [0.2, 0.25) is 0 Å². The molecule has 0 radical (unpaired) electrons. The molecule has 0 atom stereocenters. The highest BCUT2D eigenvalue weighted by molar-refractivity contribution is 5.78. The van der Waals surface area contributed by atoms with E-state index in [4.69, 9.17) is 0 Å². The van der Waals surface area contributed by atoms with E-state index < -0.39 is 11.4 Å². The van der Waals surface area contributed by atoms with Crippen molar-refractivity contribution in [1.82, 2.24) is 16.0 Å². The quantitative estimate of drug-likeness (QED) is 0.506. The first-order valence-corrected chi connectivity index (χ1v) is 7.56. The van der Waals surface area contributed by atoms with E-state index in [9.17, 15) is 14.7 Å². The fourth-order valence-corrected chi connectivity index (χ4v) is 2.60. The van der Waals surface area contributed by atoms with E-state index in [1.54, 1.807) is 0 Å². The number of carboxylic acids is 1. The first-order chi connectivity index (χ1) is 9.60. The summed E-state index contributed by atoms with van der Waals surface area (Å²) in [7, 11) is 0. The highest BCUT2D eigenvalue weighted by atomic mass is 16.4. The summed E-state index contributed by atoms with van der Waals surface area (Å²) in [6, 6.07) is -0.271. The van der Waals surface area contributed by atoms with Crippen LogP contribution in [0.1, 0.15) is 45.4 Å². The molecule has 0 aliphatic heterocycles. The molecule has 6 nitrogen and oxygen atoms in total. The summed E-state index contributed by atoms with van der Waals surface area (Å²) in [4.78, 5) is 23.1. The zero-order valence-electron chi connectivity index (χ0n) is 12.3. The Morgan fingerprint density at radius 3 is 2.40 bits per heavy atom. The Balaban J connectivity index is 2.25. The molecular formula is C14H27N3O3. The van der Waals surface area contributed by atoms with Crippen molar-refractivity contribution >= 4 is 12.0 Å². The Bertz CT molecular complexity index is 315. The van der Waals surface area contributed by atoms with E-state index in [0.29, 0.717) is 19.4 Å². The Labute approximate surface area is 120 Å². The van der Waals surface area contributed by atoms with Crippen molar-refractivity contribution in [3.8, 4) is 0 Å². The van der Waals surface area contributed by atoms with Crippen molar-refractivity contribution in [3.05, 3.63) is 0 Å². The molecule has 0 aromatic carbocycles. The molecule has 0 saturated heterocycles. The normalized spacial score (nSPS) is 17.4. The predicted octanol–water partition coefficient (Wildman–Crippen LogP) is 1.32. The Hall–Kier alpha value is -1.30. The summed E-state index contributed by atoms with van der Waals surface area (Å²) in [5, 5.41) is 18.0. The van der Waals surface area contributed by atoms with Crippen LogP contribution in [-0.2, 0) is 4.79 Å². The van der Waals surface area contributed by atoms with Crippen LogP contribution < -0.4 is 16.0 Å². The van der Waals surface area contributed by atoms with E-state index in [1.807, 2.05) is 6.92 Å². The van der Waals surface area contributed by atoms with E-state index >= 15 is 0 Å². The van der Waals surface area contributed by atoms with Gasteiger partial charge in [0.25, 0.3) is 0 Å². The molecule has 0 aromatic heterocycles. The molecule has 2 amide bonds. The number of hydrogen-bond donors (Lipinski definition) is 4. The summed E-state index contributed by atoms with van der Waals surface area (Å²) >= 11 is 0. The smallest absolute Gasteiger partial charge is 0.314 e. The Morgan fingerprint density at radius 1 is 1.10 bits per heavy atom. The average Bonchev–Trinajstić information content (AvgIpc) is 2.46. The van der Waals surface area contributed by atoms with Crippen LogP contribution in [0, 0.1) is 5.41 Å². The molecular weight excluding hydrogens is 258 g/mol. The minimum Gasteiger partial charge on any atom is -0.481 e. The minimum atomic E-state index is -0.787. The van der Waals surface area contributed by atoms with Gasteiger partial charge in [-0.3, -0.25) is 4.79 Å². The van der Waals surface area contributed by atoms with Crippen molar-refractivity contribution in [2.75, 3.05) is 26.2 Å². The number of carbonyl (C=O) groups excluding carboxylic acids is 1. The molecule has 1 rings (SSSR count). The fourth-order valence-electron chi connectivity index (χ4n) is 2.60. The maximum absolute atomic E-state index is 11.6. The molecule has 1 fully saturated rings. The lowest BCUT2D eigenvalue weighted by atomic mass is 9.74. The Morgan fingerprint density at radius 2 is 1.80 bits per heavy atom. The van der Waals surface area contributed by atoms with Crippen LogP contribution in [-0.4, -0.2) is 43.3 Å². The van der Waals surface area contributed by atoms with Crippen LogP contribution in [0.15, 0.2) is 0 Å². The van der Waals surface area contributed by atoms with Gasteiger partial charge in [0, 0.05) is 13.1 Å². The van der Waals surface area contributed by atoms with E-state index in [2.05, 4.69) is 16.0 Å². The lowest BCUT2D eigenvalue weighted by Crippen LogP contribution is -2.47. The molecule has 0 heterocycles. The number of rotatable bonds is 8. The van der Waals surface area contributed by atoms with Gasteiger partial charge in [0.15, 0.2) is 0 Å². The van der Waals surface area contributed by atoms with Gasteiger partial charge in [0.05, 0.1) is 5.41 Å². The van der Waals surface area contributed by atoms with Crippen molar-refractivity contribution in [3.63, 3.8) is 0 Å². The lowest BCUT2D eigenvalue weighted by Gasteiger charge is -2.33. The van der Waals surface area contributed by atoms with Crippen LogP contribution in [0.25, 0.3) is 0 Å². The third kappa shape index (κ3) is 5.36. The van der Waals surface area contributed by atoms with Crippen molar-refractivity contribution < 1.29 is 14.7 Å². The summed E-state index contributed by atoms with van der Waals surface area (Å²) in [6.07, 6.45) is 5.12. The topological polar surface area (TPSA) is 90.5 Å². The molecule has 1 saturated carbocycles. The second-order valence-electron chi connectivity index (χ2n) is 5.46. The summed E-state index contributed by atoms with van der Waals surface area (Å²) < 4.78 is 0.